The normalized spacial score (nSPS) is 11.1. The molecule has 0 spiro atoms. The van der Waals surface area contributed by atoms with Crippen molar-refractivity contribution in [1.82, 2.24) is 0 Å². The van der Waals surface area contributed by atoms with Crippen LogP contribution < -0.4 is 14.2 Å². The molecule has 10 heteroatoms. The Balaban J connectivity index is 0.000000576. The Morgan fingerprint density at radius 1 is 0.800 bits per heavy atom. The van der Waals surface area contributed by atoms with Gasteiger partial charge in [0.1, 0.15) is 6.61 Å². The summed E-state index contributed by atoms with van der Waals surface area (Å²) in [5.74, 6) is 0.448. The van der Waals surface area contributed by atoms with Gasteiger partial charge in [-0.2, -0.15) is 0 Å². The first-order valence-corrected chi connectivity index (χ1v) is 12.4. The average Bonchev–Trinajstić information content (AvgIpc) is 3.56. The summed E-state index contributed by atoms with van der Waals surface area (Å²) in [6.45, 7) is 13.3. The maximum absolute atomic E-state index is 11.3. The van der Waals surface area contributed by atoms with Crippen molar-refractivity contribution in [2.24, 2.45) is 0 Å². The lowest BCUT2D eigenvalue weighted by atomic mass is 10.2. The molecule has 1 aliphatic heterocycles. The molecule has 1 heterocycles. The van der Waals surface area contributed by atoms with E-state index in [0.717, 1.165) is 24.4 Å². The largest absolute Gasteiger partial charge is 0.504 e. The Kier molecular flexibility index (Phi) is 18.8. The van der Waals surface area contributed by atoms with Crippen molar-refractivity contribution in [2.45, 2.75) is 26.7 Å². The Morgan fingerprint density at radius 3 is 1.65 bits per heavy atom. The first-order valence-electron chi connectivity index (χ1n) is 12.4. The number of ether oxygens (including phenoxy) is 6. The maximum Gasteiger partial charge on any atom is 0.337 e. The number of hydrogen-bond acceptors (Lipinski definition) is 10. The van der Waals surface area contributed by atoms with Gasteiger partial charge in [-0.3, -0.25) is 0 Å². The minimum absolute atomic E-state index is 0.00449. The number of carbonyl (C=O) groups is 2. The van der Waals surface area contributed by atoms with E-state index < -0.39 is 11.9 Å². The van der Waals surface area contributed by atoms with Crippen molar-refractivity contribution in [3.63, 3.8) is 0 Å². The van der Waals surface area contributed by atoms with Crippen LogP contribution in [0.2, 0.25) is 0 Å². The number of methoxy groups -OCH3 is 4. The summed E-state index contributed by atoms with van der Waals surface area (Å²) in [5.41, 5.74) is 2.48. The highest BCUT2D eigenvalue weighted by molar-refractivity contribution is 5.90. The second kappa shape index (κ2) is 20.9. The number of aliphatic hydroxyl groups excluding tert-OH is 1. The van der Waals surface area contributed by atoms with E-state index in [-0.39, 0.29) is 18.1 Å². The highest BCUT2D eigenvalue weighted by Crippen LogP contribution is 2.28. The molecule has 0 saturated carbocycles. The van der Waals surface area contributed by atoms with Crippen molar-refractivity contribution in [3.05, 3.63) is 71.8 Å². The van der Waals surface area contributed by atoms with Crippen molar-refractivity contribution in [1.29, 1.82) is 0 Å². The van der Waals surface area contributed by atoms with Crippen LogP contribution in [0.1, 0.15) is 47.4 Å². The molecule has 2 aromatic rings. The van der Waals surface area contributed by atoms with Crippen molar-refractivity contribution < 1.29 is 48.2 Å². The van der Waals surface area contributed by atoms with Gasteiger partial charge in [-0.1, -0.05) is 18.7 Å². The van der Waals surface area contributed by atoms with Gasteiger partial charge in [0, 0.05) is 13.2 Å². The molecule has 0 amide bonds. The zero-order valence-electron chi connectivity index (χ0n) is 24.3. The fourth-order valence-electron chi connectivity index (χ4n) is 2.67. The molecular weight excluding hydrogens is 520 g/mol. The minimum atomic E-state index is -0.460. The first kappa shape index (κ1) is 36.0. The lowest BCUT2D eigenvalue weighted by molar-refractivity contribution is 0.0591. The van der Waals surface area contributed by atoms with Crippen LogP contribution in [0.5, 0.6) is 23.0 Å². The number of esters is 2. The van der Waals surface area contributed by atoms with Gasteiger partial charge in [0.15, 0.2) is 23.0 Å². The fraction of sp³-hybridized carbons (Fsp3) is 0.400. The molecule has 222 valence electrons. The van der Waals surface area contributed by atoms with Gasteiger partial charge in [0.2, 0.25) is 0 Å². The number of aliphatic hydroxyl groups is 1. The maximum atomic E-state index is 11.3. The SMILES string of the molecule is C1CCOC1.C=C(C)CO.C=C(C)COc1ccc(C(=O)OC)cc1OC.COC(=O)c1ccc(O)c(OC)c1. The molecule has 1 saturated heterocycles. The van der Waals surface area contributed by atoms with E-state index in [1.165, 1.54) is 59.5 Å². The van der Waals surface area contributed by atoms with E-state index in [1.807, 2.05) is 6.92 Å². The molecule has 0 atom stereocenters. The second-order valence-corrected chi connectivity index (χ2v) is 8.42. The van der Waals surface area contributed by atoms with Crippen molar-refractivity contribution in [2.75, 3.05) is 54.9 Å². The number of rotatable bonds is 8. The average molecular weight is 563 g/mol. The molecule has 1 aliphatic rings. The lowest BCUT2D eigenvalue weighted by Gasteiger charge is -2.11. The van der Waals surface area contributed by atoms with Crippen molar-refractivity contribution >= 4 is 11.9 Å². The molecule has 10 nitrogen and oxygen atoms in total. The number of hydrogen-bond donors (Lipinski definition) is 2. The quantitative estimate of drug-likeness (QED) is 0.336. The monoisotopic (exact) mass is 562 g/mol. The van der Waals surface area contributed by atoms with E-state index in [2.05, 4.69) is 22.6 Å². The van der Waals surface area contributed by atoms with Gasteiger partial charge in [-0.25, -0.2) is 9.59 Å². The van der Waals surface area contributed by atoms with Gasteiger partial charge < -0.3 is 38.6 Å². The molecule has 0 radical (unpaired) electrons. The third-order valence-electron chi connectivity index (χ3n) is 4.76. The van der Waals surface area contributed by atoms with E-state index in [4.69, 9.17) is 24.1 Å². The van der Waals surface area contributed by atoms with E-state index in [9.17, 15) is 14.7 Å². The van der Waals surface area contributed by atoms with Crippen LogP contribution in [0.3, 0.4) is 0 Å². The summed E-state index contributed by atoms with van der Waals surface area (Å²) < 4.78 is 29.5. The van der Waals surface area contributed by atoms with E-state index in [1.54, 1.807) is 25.1 Å². The summed E-state index contributed by atoms with van der Waals surface area (Å²) in [6, 6.07) is 9.14. The van der Waals surface area contributed by atoms with Gasteiger partial charge >= 0.3 is 11.9 Å². The van der Waals surface area contributed by atoms with Crippen LogP contribution in [0, 0.1) is 0 Å². The zero-order chi connectivity index (χ0) is 30.5. The summed E-state index contributed by atoms with van der Waals surface area (Å²) in [6.07, 6.45) is 2.56. The van der Waals surface area contributed by atoms with E-state index >= 15 is 0 Å². The summed E-state index contributed by atoms with van der Waals surface area (Å²) in [7, 11) is 5.56. The second-order valence-electron chi connectivity index (χ2n) is 8.42. The highest BCUT2D eigenvalue weighted by Gasteiger charge is 2.11. The standard InChI is InChI=1S/C13H16O4.C9H10O4.2C4H8O/c1-9(2)8-17-11-6-5-10(13(14)16-4)7-12(11)15-3;1-12-8-5-6(9(11)13-2)3-4-7(8)10;1-2-4-5-3-1;1-4(2)3-5/h5-7H,1,8H2,2-4H3;3-5,10H,1-2H3;1-4H2;5H,1,3H2,2H3. The smallest absolute Gasteiger partial charge is 0.337 e. The third kappa shape index (κ3) is 14.8. The molecule has 3 rings (SSSR count). The van der Waals surface area contributed by atoms with Gasteiger partial charge in [-0.15, -0.1) is 0 Å². The molecule has 0 bridgehead atoms. The van der Waals surface area contributed by atoms with Gasteiger partial charge in [-0.05, 0) is 68.7 Å². The molecule has 0 aromatic heterocycles. The van der Waals surface area contributed by atoms with Crippen LogP contribution in [-0.4, -0.2) is 77.0 Å². The van der Waals surface area contributed by atoms with Crippen LogP contribution >= 0.6 is 0 Å². The Hall–Kier alpha value is -4.02. The van der Waals surface area contributed by atoms with Crippen LogP contribution in [0.4, 0.5) is 0 Å². The van der Waals surface area contributed by atoms with Crippen LogP contribution in [-0.2, 0) is 14.2 Å². The third-order valence-corrected chi connectivity index (χ3v) is 4.76. The van der Waals surface area contributed by atoms with Gasteiger partial charge in [0.05, 0.1) is 46.2 Å². The fourth-order valence-corrected chi connectivity index (χ4v) is 2.67. The molecule has 0 aliphatic carbocycles. The summed E-state index contributed by atoms with van der Waals surface area (Å²) in [5, 5.41) is 17.3. The van der Waals surface area contributed by atoms with Crippen molar-refractivity contribution in [3.8, 4) is 23.0 Å². The predicted molar refractivity (Wildman–Crippen MR) is 153 cm³/mol. The number of phenolic OH excluding ortho intramolecular Hbond substituents is 1. The van der Waals surface area contributed by atoms with Gasteiger partial charge in [0.25, 0.3) is 0 Å². The summed E-state index contributed by atoms with van der Waals surface area (Å²) >= 11 is 0. The lowest BCUT2D eigenvalue weighted by Crippen LogP contribution is -2.04. The predicted octanol–water partition coefficient (Wildman–Crippen LogP) is 4.98. The topological polar surface area (TPSA) is 130 Å². The molecule has 2 aromatic carbocycles. The van der Waals surface area contributed by atoms with Crippen LogP contribution in [0.25, 0.3) is 0 Å². The number of phenols is 1. The zero-order valence-corrected chi connectivity index (χ0v) is 24.3. The molecule has 2 N–H and O–H groups in total. The number of aromatic hydroxyl groups is 1. The highest BCUT2D eigenvalue weighted by atomic mass is 16.5. The van der Waals surface area contributed by atoms with E-state index in [0.29, 0.717) is 29.2 Å². The first-order chi connectivity index (χ1) is 19.0. The Morgan fingerprint density at radius 2 is 1.27 bits per heavy atom. The molecular formula is C30H42O10. The molecule has 0 unspecified atom stereocenters. The molecule has 40 heavy (non-hydrogen) atoms. The number of benzene rings is 2. The number of carbonyl (C=O) groups excluding carboxylic acids is 2. The summed E-state index contributed by atoms with van der Waals surface area (Å²) in [4.78, 5) is 22.4. The Bertz CT molecular complexity index is 1070. The molecule has 1 fully saturated rings. The Labute approximate surface area is 236 Å². The minimum Gasteiger partial charge on any atom is -0.504 e. The van der Waals surface area contributed by atoms with Crippen LogP contribution in [0.15, 0.2) is 60.7 Å².